The normalized spacial score (nSPS) is 22.8. The standard InChI is InChI=1S/C14H18N4O/c1-19-12-3-2-11(7-12)18-9-16-8-13(18)10-4-5-17-14(15)6-10/h4-6,8-9,11-12H,2-3,7H2,1H3,(H2,15,17). The molecule has 2 aromatic heterocycles. The van der Waals surface area contributed by atoms with Crippen LogP contribution in [-0.4, -0.2) is 27.7 Å². The number of ether oxygens (including phenoxy) is 1. The largest absolute Gasteiger partial charge is 0.384 e. The maximum Gasteiger partial charge on any atom is 0.123 e. The average molecular weight is 258 g/mol. The van der Waals surface area contributed by atoms with Gasteiger partial charge in [0.2, 0.25) is 0 Å². The summed E-state index contributed by atoms with van der Waals surface area (Å²) in [5, 5.41) is 0. The molecule has 3 rings (SSSR count). The molecule has 2 heterocycles. The lowest BCUT2D eigenvalue weighted by Crippen LogP contribution is -2.09. The first-order valence-electron chi connectivity index (χ1n) is 6.54. The van der Waals surface area contributed by atoms with Gasteiger partial charge in [-0.2, -0.15) is 0 Å². The monoisotopic (exact) mass is 258 g/mol. The number of pyridine rings is 1. The third-order valence-electron chi connectivity index (χ3n) is 3.83. The molecule has 5 heteroatoms. The van der Waals surface area contributed by atoms with Crippen LogP contribution >= 0.6 is 0 Å². The van der Waals surface area contributed by atoms with Crippen molar-refractivity contribution in [2.24, 2.45) is 0 Å². The molecule has 19 heavy (non-hydrogen) atoms. The van der Waals surface area contributed by atoms with Gasteiger partial charge in [-0.3, -0.25) is 0 Å². The molecule has 2 unspecified atom stereocenters. The smallest absolute Gasteiger partial charge is 0.123 e. The van der Waals surface area contributed by atoms with Crippen molar-refractivity contribution in [2.75, 3.05) is 12.8 Å². The van der Waals surface area contributed by atoms with Crippen LogP contribution in [-0.2, 0) is 4.74 Å². The highest BCUT2D eigenvalue weighted by Crippen LogP contribution is 2.34. The van der Waals surface area contributed by atoms with Gasteiger partial charge in [0.15, 0.2) is 0 Å². The number of aromatic nitrogens is 3. The lowest BCUT2D eigenvalue weighted by atomic mass is 10.1. The number of nitrogens with zero attached hydrogens (tertiary/aromatic N) is 3. The Hall–Kier alpha value is -1.88. The maximum atomic E-state index is 5.75. The fraction of sp³-hybridized carbons (Fsp3) is 0.429. The number of imidazole rings is 1. The third kappa shape index (κ3) is 2.33. The number of hydrogen-bond acceptors (Lipinski definition) is 4. The first-order valence-corrected chi connectivity index (χ1v) is 6.54. The van der Waals surface area contributed by atoms with E-state index in [1.54, 1.807) is 13.3 Å². The van der Waals surface area contributed by atoms with Crippen LogP contribution in [0.25, 0.3) is 11.3 Å². The van der Waals surface area contributed by atoms with Crippen molar-refractivity contribution in [1.82, 2.24) is 14.5 Å². The number of methoxy groups -OCH3 is 1. The molecule has 1 aliphatic carbocycles. The molecule has 0 aromatic carbocycles. The molecular formula is C14H18N4O. The summed E-state index contributed by atoms with van der Waals surface area (Å²) in [6.45, 7) is 0. The molecule has 2 N–H and O–H groups in total. The van der Waals surface area contributed by atoms with Gasteiger partial charge in [-0.15, -0.1) is 0 Å². The van der Waals surface area contributed by atoms with E-state index < -0.39 is 0 Å². The molecule has 1 aliphatic rings. The fourth-order valence-corrected chi connectivity index (χ4v) is 2.81. The predicted molar refractivity (Wildman–Crippen MR) is 73.6 cm³/mol. The van der Waals surface area contributed by atoms with Crippen LogP contribution in [0.2, 0.25) is 0 Å². The van der Waals surface area contributed by atoms with Gasteiger partial charge in [-0.25, -0.2) is 9.97 Å². The van der Waals surface area contributed by atoms with Crippen LogP contribution in [0, 0.1) is 0 Å². The Labute approximate surface area is 112 Å². The number of nitrogens with two attached hydrogens (primary N) is 1. The molecule has 0 amide bonds. The van der Waals surface area contributed by atoms with Crippen molar-refractivity contribution in [3.05, 3.63) is 30.9 Å². The van der Waals surface area contributed by atoms with Crippen molar-refractivity contribution in [1.29, 1.82) is 0 Å². The molecule has 0 spiro atoms. The molecule has 0 saturated heterocycles. The molecule has 0 radical (unpaired) electrons. The van der Waals surface area contributed by atoms with Crippen LogP contribution in [0.3, 0.4) is 0 Å². The molecule has 1 fully saturated rings. The van der Waals surface area contributed by atoms with Crippen LogP contribution < -0.4 is 5.73 Å². The van der Waals surface area contributed by atoms with Crippen molar-refractivity contribution in [3.63, 3.8) is 0 Å². The second-order valence-corrected chi connectivity index (χ2v) is 4.98. The lowest BCUT2D eigenvalue weighted by Gasteiger charge is -2.16. The first-order chi connectivity index (χ1) is 9.28. The maximum absolute atomic E-state index is 5.75. The molecule has 0 aliphatic heterocycles. The first kappa shape index (κ1) is 12.2. The Kier molecular flexibility index (Phi) is 3.21. The minimum absolute atomic E-state index is 0.364. The Morgan fingerprint density at radius 3 is 3.05 bits per heavy atom. The summed E-state index contributed by atoms with van der Waals surface area (Å²) in [6, 6.07) is 4.31. The van der Waals surface area contributed by atoms with Crippen LogP contribution in [0.15, 0.2) is 30.9 Å². The summed E-state index contributed by atoms with van der Waals surface area (Å²) < 4.78 is 7.67. The highest BCUT2D eigenvalue weighted by atomic mass is 16.5. The highest BCUT2D eigenvalue weighted by molar-refractivity contribution is 5.61. The van der Waals surface area contributed by atoms with E-state index in [0.717, 1.165) is 30.5 Å². The minimum Gasteiger partial charge on any atom is -0.384 e. The molecule has 5 nitrogen and oxygen atoms in total. The second kappa shape index (κ2) is 5.01. The molecule has 2 atom stereocenters. The summed E-state index contributed by atoms with van der Waals surface area (Å²) >= 11 is 0. The molecule has 1 saturated carbocycles. The molecule has 0 bridgehead atoms. The minimum atomic E-state index is 0.364. The molecule has 2 aromatic rings. The fourth-order valence-electron chi connectivity index (χ4n) is 2.81. The number of anilines is 1. The molecular weight excluding hydrogens is 240 g/mol. The van der Waals surface area contributed by atoms with Gasteiger partial charge >= 0.3 is 0 Å². The summed E-state index contributed by atoms with van der Waals surface area (Å²) in [5.41, 5.74) is 7.91. The van der Waals surface area contributed by atoms with Gasteiger partial charge in [0.25, 0.3) is 0 Å². The number of rotatable bonds is 3. The van der Waals surface area contributed by atoms with Gasteiger partial charge in [0.05, 0.1) is 24.3 Å². The Morgan fingerprint density at radius 2 is 2.32 bits per heavy atom. The highest BCUT2D eigenvalue weighted by Gasteiger charge is 2.27. The topological polar surface area (TPSA) is 66.0 Å². The van der Waals surface area contributed by atoms with Gasteiger partial charge in [-0.1, -0.05) is 0 Å². The number of hydrogen-bond donors (Lipinski definition) is 1. The van der Waals surface area contributed by atoms with Gasteiger partial charge in [0.1, 0.15) is 5.82 Å². The summed E-state index contributed by atoms with van der Waals surface area (Å²) in [4.78, 5) is 8.31. The van der Waals surface area contributed by atoms with Crippen molar-refractivity contribution < 1.29 is 4.74 Å². The predicted octanol–water partition coefficient (Wildman–Crippen LogP) is 2.27. The van der Waals surface area contributed by atoms with Gasteiger partial charge in [0, 0.05) is 24.9 Å². The Morgan fingerprint density at radius 1 is 1.42 bits per heavy atom. The van der Waals surface area contributed by atoms with Gasteiger partial charge in [-0.05, 0) is 31.4 Å². The molecule has 100 valence electrons. The van der Waals surface area contributed by atoms with E-state index in [0.29, 0.717) is 18.0 Å². The van der Waals surface area contributed by atoms with E-state index >= 15 is 0 Å². The van der Waals surface area contributed by atoms with E-state index in [4.69, 9.17) is 10.5 Å². The average Bonchev–Trinajstić information content (AvgIpc) is 3.07. The van der Waals surface area contributed by atoms with Crippen LogP contribution in [0.1, 0.15) is 25.3 Å². The zero-order chi connectivity index (χ0) is 13.2. The Bertz CT molecular complexity index is 566. The summed E-state index contributed by atoms with van der Waals surface area (Å²) in [7, 11) is 1.78. The van der Waals surface area contributed by atoms with E-state index in [1.165, 1.54) is 0 Å². The van der Waals surface area contributed by atoms with Crippen LogP contribution in [0.4, 0.5) is 5.82 Å². The van der Waals surface area contributed by atoms with E-state index in [2.05, 4.69) is 14.5 Å². The summed E-state index contributed by atoms with van der Waals surface area (Å²) in [5.74, 6) is 0.534. The van der Waals surface area contributed by atoms with Crippen molar-refractivity contribution >= 4 is 5.82 Å². The van der Waals surface area contributed by atoms with Crippen molar-refractivity contribution in [2.45, 2.75) is 31.4 Å². The Balaban J connectivity index is 1.91. The van der Waals surface area contributed by atoms with Crippen LogP contribution in [0.5, 0.6) is 0 Å². The SMILES string of the molecule is COC1CCC(n2cncc2-c2ccnc(N)c2)C1. The zero-order valence-electron chi connectivity index (χ0n) is 11.0. The van der Waals surface area contributed by atoms with E-state index in [-0.39, 0.29) is 0 Å². The third-order valence-corrected chi connectivity index (χ3v) is 3.83. The lowest BCUT2D eigenvalue weighted by molar-refractivity contribution is 0.106. The quantitative estimate of drug-likeness (QED) is 0.917. The number of nitrogen functional groups attached to an aromatic ring is 1. The summed E-state index contributed by atoms with van der Waals surface area (Å²) in [6.07, 6.45) is 9.15. The van der Waals surface area contributed by atoms with Crippen molar-refractivity contribution in [3.8, 4) is 11.3 Å². The van der Waals surface area contributed by atoms with E-state index in [1.807, 2.05) is 24.7 Å². The second-order valence-electron chi connectivity index (χ2n) is 4.98. The van der Waals surface area contributed by atoms with E-state index in [9.17, 15) is 0 Å². The van der Waals surface area contributed by atoms with Gasteiger partial charge < -0.3 is 15.0 Å². The zero-order valence-corrected chi connectivity index (χ0v) is 11.0.